The molecule has 6 heteroatoms. The number of rotatable bonds is 3. The van der Waals surface area contributed by atoms with E-state index in [1.807, 2.05) is 37.3 Å². The summed E-state index contributed by atoms with van der Waals surface area (Å²) in [6.45, 7) is 1.95. The lowest BCUT2D eigenvalue weighted by Gasteiger charge is -2.08. The van der Waals surface area contributed by atoms with E-state index in [-0.39, 0.29) is 11.7 Å². The predicted octanol–water partition coefficient (Wildman–Crippen LogP) is 4.51. The number of aromatic nitrogens is 2. The van der Waals surface area contributed by atoms with E-state index in [9.17, 15) is 4.79 Å². The second-order valence-corrected chi connectivity index (χ2v) is 6.29. The number of furan rings is 1. The highest BCUT2D eigenvalue weighted by atomic mass is 32.1. The van der Waals surface area contributed by atoms with Gasteiger partial charge in [0.15, 0.2) is 5.76 Å². The van der Waals surface area contributed by atoms with Crippen molar-refractivity contribution in [2.45, 2.75) is 6.92 Å². The number of carbonyl (C=O) groups is 1. The van der Waals surface area contributed by atoms with Gasteiger partial charge in [-0.05, 0) is 55.0 Å². The molecule has 0 aliphatic heterocycles. The number of hydrogen-bond acceptors (Lipinski definition) is 5. The van der Waals surface area contributed by atoms with Gasteiger partial charge in [-0.3, -0.25) is 4.79 Å². The number of thiazole rings is 1. The van der Waals surface area contributed by atoms with Crippen LogP contribution in [0.5, 0.6) is 0 Å². The molecule has 0 saturated carbocycles. The first-order valence-electron chi connectivity index (χ1n) is 7.38. The lowest BCUT2D eigenvalue weighted by atomic mass is 10.1. The van der Waals surface area contributed by atoms with Crippen LogP contribution < -0.4 is 5.32 Å². The number of hydrogen-bond donors (Lipinski definition) is 1. The first kappa shape index (κ1) is 14.6. The Morgan fingerprint density at radius 3 is 2.88 bits per heavy atom. The number of amides is 1. The summed E-state index contributed by atoms with van der Waals surface area (Å²) in [7, 11) is 0. The zero-order valence-electron chi connectivity index (χ0n) is 12.8. The zero-order valence-corrected chi connectivity index (χ0v) is 13.6. The Kier molecular flexibility index (Phi) is 3.59. The van der Waals surface area contributed by atoms with Crippen molar-refractivity contribution in [3.63, 3.8) is 0 Å². The second-order valence-electron chi connectivity index (χ2n) is 5.31. The molecule has 118 valence electrons. The molecule has 0 spiro atoms. The summed E-state index contributed by atoms with van der Waals surface area (Å²) in [5.74, 6) is 0.0239. The summed E-state index contributed by atoms with van der Waals surface area (Å²) in [5.41, 5.74) is 3.61. The number of fused-ring (bicyclic) bond motifs is 1. The lowest BCUT2D eigenvalue weighted by molar-refractivity contribution is 0.0996. The van der Waals surface area contributed by atoms with E-state index in [4.69, 9.17) is 4.42 Å². The number of carbonyl (C=O) groups excluding carboxylic acids is 1. The average molecular weight is 335 g/mol. The fourth-order valence-corrected chi connectivity index (χ4v) is 3.33. The molecule has 4 rings (SSSR count). The maximum atomic E-state index is 12.1. The van der Waals surface area contributed by atoms with Crippen molar-refractivity contribution in [1.82, 2.24) is 9.97 Å². The maximum absolute atomic E-state index is 12.1. The Hall–Kier alpha value is -2.99. The highest BCUT2D eigenvalue weighted by molar-refractivity contribution is 7.21. The molecule has 24 heavy (non-hydrogen) atoms. The van der Waals surface area contributed by atoms with E-state index in [2.05, 4.69) is 15.3 Å². The molecule has 3 heterocycles. The quantitative estimate of drug-likeness (QED) is 0.598. The van der Waals surface area contributed by atoms with Crippen molar-refractivity contribution >= 4 is 33.3 Å². The topological polar surface area (TPSA) is 68.0 Å². The van der Waals surface area contributed by atoms with Crippen molar-refractivity contribution in [2.24, 2.45) is 0 Å². The Bertz CT molecular complexity index is 989. The SMILES string of the molecule is Cc1cc(-c2nc3cccnc3s2)ccc1NC(=O)c1ccco1. The highest BCUT2D eigenvalue weighted by Gasteiger charge is 2.12. The zero-order chi connectivity index (χ0) is 16.5. The van der Waals surface area contributed by atoms with E-state index in [1.54, 1.807) is 29.7 Å². The minimum absolute atomic E-state index is 0.264. The normalized spacial score (nSPS) is 10.9. The Morgan fingerprint density at radius 1 is 1.21 bits per heavy atom. The molecule has 0 bridgehead atoms. The van der Waals surface area contributed by atoms with Crippen LogP contribution in [0, 0.1) is 6.92 Å². The highest BCUT2D eigenvalue weighted by Crippen LogP contribution is 2.31. The van der Waals surface area contributed by atoms with Gasteiger partial charge in [0.05, 0.1) is 6.26 Å². The second kappa shape index (κ2) is 5.90. The summed E-state index contributed by atoms with van der Waals surface area (Å²) in [6, 6.07) is 13.0. The van der Waals surface area contributed by atoms with Crippen LogP contribution in [0.2, 0.25) is 0 Å². The third kappa shape index (κ3) is 2.68. The molecule has 3 aromatic heterocycles. The van der Waals surface area contributed by atoms with Crippen LogP contribution in [0.15, 0.2) is 59.3 Å². The summed E-state index contributed by atoms with van der Waals surface area (Å²) in [6.07, 6.45) is 3.24. The van der Waals surface area contributed by atoms with Gasteiger partial charge < -0.3 is 9.73 Å². The van der Waals surface area contributed by atoms with E-state index >= 15 is 0 Å². The van der Waals surface area contributed by atoms with Crippen LogP contribution in [0.25, 0.3) is 20.9 Å². The Labute approximate surface area is 142 Å². The molecule has 1 aromatic carbocycles. The van der Waals surface area contributed by atoms with Gasteiger partial charge in [0, 0.05) is 17.4 Å². The number of nitrogens with one attached hydrogen (secondary N) is 1. The summed E-state index contributed by atoms with van der Waals surface area (Å²) < 4.78 is 5.11. The number of pyridine rings is 1. The van der Waals surface area contributed by atoms with Gasteiger partial charge in [-0.15, -0.1) is 0 Å². The molecule has 0 aliphatic rings. The number of nitrogens with zero attached hydrogens (tertiary/aromatic N) is 2. The van der Waals surface area contributed by atoms with Crippen LogP contribution in [-0.2, 0) is 0 Å². The van der Waals surface area contributed by atoms with E-state index in [0.29, 0.717) is 0 Å². The standard InChI is InChI=1S/C18H13N3O2S/c1-11-10-12(17-21-14-4-2-8-19-18(14)24-17)6-7-13(11)20-16(22)15-5-3-9-23-15/h2-10H,1H3,(H,20,22). The summed E-state index contributed by atoms with van der Waals surface area (Å²) in [4.78, 5) is 21.9. The Morgan fingerprint density at radius 2 is 2.12 bits per heavy atom. The average Bonchev–Trinajstić information content (AvgIpc) is 3.26. The summed E-state index contributed by atoms with van der Waals surface area (Å²) in [5, 5.41) is 3.77. The van der Waals surface area contributed by atoms with Gasteiger partial charge in [-0.2, -0.15) is 0 Å². The molecular formula is C18H13N3O2S. The number of aryl methyl sites for hydroxylation is 1. The van der Waals surface area contributed by atoms with Crippen molar-refractivity contribution in [1.29, 1.82) is 0 Å². The molecule has 0 aliphatic carbocycles. The molecular weight excluding hydrogens is 322 g/mol. The largest absolute Gasteiger partial charge is 0.459 e. The molecule has 4 aromatic rings. The van der Waals surface area contributed by atoms with Crippen molar-refractivity contribution < 1.29 is 9.21 Å². The summed E-state index contributed by atoms with van der Waals surface area (Å²) >= 11 is 1.55. The third-order valence-electron chi connectivity index (χ3n) is 3.63. The van der Waals surface area contributed by atoms with Crippen molar-refractivity contribution in [3.8, 4) is 10.6 Å². The smallest absolute Gasteiger partial charge is 0.291 e. The molecule has 0 radical (unpaired) electrons. The van der Waals surface area contributed by atoms with Crippen LogP contribution in [-0.4, -0.2) is 15.9 Å². The molecule has 0 saturated heterocycles. The fraction of sp³-hybridized carbons (Fsp3) is 0.0556. The number of benzene rings is 1. The minimum Gasteiger partial charge on any atom is -0.459 e. The fourth-order valence-electron chi connectivity index (χ4n) is 2.42. The first-order chi connectivity index (χ1) is 11.7. The van der Waals surface area contributed by atoms with E-state index in [0.717, 1.165) is 32.2 Å². The van der Waals surface area contributed by atoms with Crippen molar-refractivity contribution in [3.05, 3.63) is 66.2 Å². The van der Waals surface area contributed by atoms with Gasteiger partial charge in [0.25, 0.3) is 5.91 Å². The van der Waals surface area contributed by atoms with Gasteiger partial charge in [0.1, 0.15) is 15.4 Å². The van der Waals surface area contributed by atoms with Gasteiger partial charge in [-0.1, -0.05) is 11.3 Å². The molecule has 0 unspecified atom stereocenters. The number of anilines is 1. The van der Waals surface area contributed by atoms with Gasteiger partial charge in [0.2, 0.25) is 0 Å². The lowest BCUT2D eigenvalue weighted by Crippen LogP contribution is -2.11. The molecule has 5 nitrogen and oxygen atoms in total. The molecule has 1 amide bonds. The van der Waals surface area contributed by atoms with Crippen LogP contribution >= 0.6 is 11.3 Å². The first-order valence-corrected chi connectivity index (χ1v) is 8.20. The monoisotopic (exact) mass is 335 g/mol. The van der Waals surface area contributed by atoms with Crippen molar-refractivity contribution in [2.75, 3.05) is 5.32 Å². The van der Waals surface area contributed by atoms with E-state index in [1.165, 1.54) is 6.26 Å². The predicted molar refractivity (Wildman–Crippen MR) is 94.2 cm³/mol. The van der Waals surface area contributed by atoms with Crippen LogP contribution in [0.4, 0.5) is 5.69 Å². The Balaban J connectivity index is 1.63. The molecule has 0 fully saturated rings. The minimum atomic E-state index is -0.264. The van der Waals surface area contributed by atoms with Gasteiger partial charge >= 0.3 is 0 Å². The molecule has 0 atom stereocenters. The third-order valence-corrected chi connectivity index (χ3v) is 4.66. The van der Waals surface area contributed by atoms with Crippen LogP contribution in [0.3, 0.4) is 0 Å². The van der Waals surface area contributed by atoms with E-state index < -0.39 is 0 Å². The van der Waals surface area contributed by atoms with Gasteiger partial charge in [-0.25, -0.2) is 9.97 Å². The van der Waals surface area contributed by atoms with Crippen LogP contribution in [0.1, 0.15) is 16.1 Å². The maximum Gasteiger partial charge on any atom is 0.291 e. The molecule has 1 N–H and O–H groups in total.